The van der Waals surface area contributed by atoms with Crippen molar-refractivity contribution in [3.05, 3.63) is 35.4 Å². The first-order valence-corrected chi connectivity index (χ1v) is 4.04. The smallest absolute Gasteiger partial charge is 0.159 e. The van der Waals surface area contributed by atoms with Crippen LogP contribution in [0, 0.1) is 0 Å². The molecule has 0 radical (unpaired) electrons. The molecule has 13 heavy (non-hydrogen) atoms. The van der Waals surface area contributed by atoms with Crippen molar-refractivity contribution in [2.75, 3.05) is 0 Å². The first-order chi connectivity index (χ1) is 6.26. The maximum absolute atomic E-state index is 12.6. The Balaban J connectivity index is 2.63. The van der Waals surface area contributed by atoms with Crippen LogP contribution in [0.5, 0.6) is 0 Å². The fraction of sp³-hybridized carbons (Fsp3) is 0.300. The molecule has 1 rings (SSSR count). The molecule has 0 aromatic heterocycles. The highest BCUT2D eigenvalue weighted by Crippen LogP contribution is 2.07. The minimum absolute atomic E-state index is 0.0208. The Morgan fingerprint density at radius 1 is 1.31 bits per heavy atom. The van der Waals surface area contributed by atoms with Crippen LogP contribution < -0.4 is 0 Å². The zero-order valence-corrected chi connectivity index (χ0v) is 7.11. The van der Waals surface area contributed by atoms with E-state index in [4.69, 9.17) is 5.11 Å². The first kappa shape index (κ1) is 9.86. The zero-order chi connectivity index (χ0) is 9.68. The van der Waals surface area contributed by atoms with Gasteiger partial charge in [-0.05, 0) is 11.1 Å². The summed E-state index contributed by atoms with van der Waals surface area (Å²) in [6.45, 7) is -0.0208. The van der Waals surface area contributed by atoms with E-state index < -0.39 is 6.17 Å². The average Bonchev–Trinajstić information content (AvgIpc) is 2.19. The van der Waals surface area contributed by atoms with E-state index in [0.29, 0.717) is 6.29 Å². The van der Waals surface area contributed by atoms with Gasteiger partial charge in [0.05, 0.1) is 6.61 Å². The fourth-order valence-corrected chi connectivity index (χ4v) is 1.05. The second-order valence-electron chi connectivity index (χ2n) is 2.83. The molecule has 0 aliphatic carbocycles. The molecular formula is C10H11FO2. The Labute approximate surface area is 76.0 Å². The number of hydrogen-bond acceptors (Lipinski definition) is 2. The van der Waals surface area contributed by atoms with E-state index in [1.807, 2.05) is 0 Å². The lowest BCUT2D eigenvalue weighted by Gasteiger charge is -2.02. The predicted octanol–water partition coefficient (Wildman–Crippen LogP) is 1.26. The first-order valence-electron chi connectivity index (χ1n) is 4.04. The second kappa shape index (κ2) is 4.72. The molecule has 0 amide bonds. The number of aliphatic hydroxyl groups excluding tert-OH is 1. The minimum Gasteiger partial charge on any atom is -0.392 e. The van der Waals surface area contributed by atoms with E-state index in [1.165, 1.54) is 0 Å². The lowest BCUT2D eigenvalue weighted by Crippen LogP contribution is -2.05. The molecule has 3 heteroatoms. The number of aldehydes is 1. The second-order valence-corrected chi connectivity index (χ2v) is 2.83. The summed E-state index contributed by atoms with van der Waals surface area (Å²) in [6, 6.07) is 6.85. The van der Waals surface area contributed by atoms with Crippen LogP contribution in [0.1, 0.15) is 11.1 Å². The average molecular weight is 182 g/mol. The SMILES string of the molecule is O=CC(F)Cc1ccc(CO)cc1. The van der Waals surface area contributed by atoms with E-state index in [9.17, 15) is 9.18 Å². The highest BCUT2D eigenvalue weighted by molar-refractivity contribution is 5.56. The molecule has 1 N–H and O–H groups in total. The lowest BCUT2D eigenvalue weighted by atomic mass is 10.1. The molecule has 0 bridgehead atoms. The third-order valence-corrected chi connectivity index (χ3v) is 1.78. The Bertz CT molecular complexity index is 269. The summed E-state index contributed by atoms with van der Waals surface area (Å²) in [6.07, 6.45) is -1.03. The van der Waals surface area contributed by atoms with Crippen LogP contribution in [-0.2, 0) is 17.8 Å². The molecule has 1 atom stereocenters. The van der Waals surface area contributed by atoms with Gasteiger partial charge in [0, 0.05) is 6.42 Å². The van der Waals surface area contributed by atoms with E-state index in [1.54, 1.807) is 24.3 Å². The van der Waals surface area contributed by atoms with Crippen molar-refractivity contribution < 1.29 is 14.3 Å². The van der Waals surface area contributed by atoms with Gasteiger partial charge in [-0.25, -0.2) is 4.39 Å². The van der Waals surface area contributed by atoms with Crippen molar-refractivity contribution in [3.8, 4) is 0 Å². The van der Waals surface area contributed by atoms with Gasteiger partial charge in [-0.1, -0.05) is 24.3 Å². The van der Waals surface area contributed by atoms with Gasteiger partial charge in [-0.2, -0.15) is 0 Å². The summed E-state index contributed by atoms with van der Waals surface area (Å²) in [5.41, 5.74) is 1.54. The third kappa shape index (κ3) is 2.95. The minimum atomic E-state index is -1.43. The lowest BCUT2D eigenvalue weighted by molar-refractivity contribution is -0.111. The molecule has 1 unspecified atom stereocenters. The highest BCUT2D eigenvalue weighted by Gasteiger charge is 2.04. The maximum atomic E-state index is 12.6. The molecule has 2 nitrogen and oxygen atoms in total. The molecular weight excluding hydrogens is 171 g/mol. The quantitative estimate of drug-likeness (QED) is 0.712. The van der Waals surface area contributed by atoms with Crippen LogP contribution in [0.15, 0.2) is 24.3 Å². The number of carbonyl (C=O) groups is 1. The van der Waals surface area contributed by atoms with Gasteiger partial charge in [0.1, 0.15) is 0 Å². The largest absolute Gasteiger partial charge is 0.392 e. The van der Waals surface area contributed by atoms with Gasteiger partial charge in [-0.3, -0.25) is 0 Å². The number of aliphatic hydroxyl groups is 1. The van der Waals surface area contributed by atoms with Gasteiger partial charge in [-0.15, -0.1) is 0 Å². The van der Waals surface area contributed by atoms with Crippen LogP contribution in [0.4, 0.5) is 4.39 Å². The normalized spacial score (nSPS) is 12.5. The van der Waals surface area contributed by atoms with Gasteiger partial charge in [0.15, 0.2) is 12.5 Å². The summed E-state index contributed by atoms with van der Waals surface area (Å²) < 4.78 is 12.6. The molecule has 0 spiro atoms. The Kier molecular flexibility index (Phi) is 3.58. The summed E-state index contributed by atoms with van der Waals surface area (Å²) in [4.78, 5) is 10.0. The van der Waals surface area contributed by atoms with Crippen molar-refractivity contribution in [3.63, 3.8) is 0 Å². The predicted molar refractivity (Wildman–Crippen MR) is 47.0 cm³/mol. The molecule has 0 heterocycles. The van der Waals surface area contributed by atoms with Crippen LogP contribution in [0.2, 0.25) is 0 Å². The maximum Gasteiger partial charge on any atom is 0.159 e. The van der Waals surface area contributed by atoms with Crippen molar-refractivity contribution >= 4 is 6.29 Å². The van der Waals surface area contributed by atoms with Crippen LogP contribution in [0.25, 0.3) is 0 Å². The molecule has 70 valence electrons. The number of benzene rings is 1. The number of alkyl halides is 1. The van der Waals surface area contributed by atoms with E-state index >= 15 is 0 Å². The van der Waals surface area contributed by atoms with E-state index in [0.717, 1.165) is 11.1 Å². The fourth-order valence-electron chi connectivity index (χ4n) is 1.05. The van der Waals surface area contributed by atoms with Crippen LogP contribution in [0.3, 0.4) is 0 Å². The summed E-state index contributed by atoms with van der Waals surface area (Å²) in [7, 11) is 0. The summed E-state index contributed by atoms with van der Waals surface area (Å²) in [5.74, 6) is 0. The van der Waals surface area contributed by atoms with E-state index in [-0.39, 0.29) is 13.0 Å². The van der Waals surface area contributed by atoms with Gasteiger partial charge >= 0.3 is 0 Å². The zero-order valence-electron chi connectivity index (χ0n) is 7.11. The van der Waals surface area contributed by atoms with Crippen molar-refractivity contribution in [1.29, 1.82) is 0 Å². The number of halogens is 1. The van der Waals surface area contributed by atoms with Crippen LogP contribution in [-0.4, -0.2) is 17.6 Å². The van der Waals surface area contributed by atoms with E-state index in [2.05, 4.69) is 0 Å². The van der Waals surface area contributed by atoms with Crippen LogP contribution >= 0.6 is 0 Å². The molecule has 0 fully saturated rings. The molecule has 0 saturated heterocycles. The molecule has 1 aromatic rings. The Morgan fingerprint density at radius 2 is 1.85 bits per heavy atom. The molecule has 1 aromatic carbocycles. The highest BCUT2D eigenvalue weighted by atomic mass is 19.1. The van der Waals surface area contributed by atoms with Crippen molar-refractivity contribution in [1.82, 2.24) is 0 Å². The molecule has 0 saturated carbocycles. The van der Waals surface area contributed by atoms with Gasteiger partial charge < -0.3 is 9.90 Å². The van der Waals surface area contributed by atoms with Crippen molar-refractivity contribution in [2.24, 2.45) is 0 Å². The molecule has 0 aliphatic heterocycles. The third-order valence-electron chi connectivity index (χ3n) is 1.78. The number of hydrogen-bond donors (Lipinski definition) is 1. The Morgan fingerprint density at radius 3 is 2.31 bits per heavy atom. The Hall–Kier alpha value is -1.22. The number of carbonyl (C=O) groups excluding carboxylic acids is 1. The monoisotopic (exact) mass is 182 g/mol. The van der Waals surface area contributed by atoms with Gasteiger partial charge in [0.25, 0.3) is 0 Å². The number of rotatable bonds is 4. The summed E-state index contributed by atoms with van der Waals surface area (Å²) in [5, 5.41) is 8.73. The standard InChI is InChI=1S/C10H11FO2/c11-10(7-13)5-8-1-3-9(6-12)4-2-8/h1-4,7,10,12H,5-6H2. The topological polar surface area (TPSA) is 37.3 Å². The van der Waals surface area contributed by atoms with Crippen molar-refractivity contribution in [2.45, 2.75) is 19.2 Å². The summed E-state index contributed by atoms with van der Waals surface area (Å²) >= 11 is 0. The molecule has 0 aliphatic rings. The van der Waals surface area contributed by atoms with Gasteiger partial charge in [0.2, 0.25) is 0 Å².